The first-order valence-electron chi connectivity index (χ1n) is 6.30. The Morgan fingerprint density at radius 3 is 2.95 bits per heavy atom. The van der Waals surface area contributed by atoms with Crippen molar-refractivity contribution in [3.8, 4) is 6.07 Å². The van der Waals surface area contributed by atoms with Gasteiger partial charge >= 0.3 is 0 Å². The molecule has 2 amide bonds. The van der Waals surface area contributed by atoms with Gasteiger partial charge in [0.15, 0.2) is 0 Å². The molecule has 7 nitrogen and oxygen atoms in total. The van der Waals surface area contributed by atoms with Crippen LogP contribution in [0.5, 0.6) is 0 Å². The summed E-state index contributed by atoms with van der Waals surface area (Å²) in [5, 5.41) is 14.3. The van der Waals surface area contributed by atoms with Gasteiger partial charge in [-0.2, -0.15) is 5.26 Å². The molecular weight excluding hydrogens is 260 g/mol. The molecule has 7 heteroatoms. The zero-order chi connectivity index (χ0) is 14.7. The van der Waals surface area contributed by atoms with E-state index in [1.165, 1.54) is 0 Å². The minimum absolute atomic E-state index is 0.0912. The lowest BCUT2D eigenvalue weighted by Crippen LogP contribution is -2.49. The molecule has 2 rings (SSSR count). The topological polar surface area (TPSA) is 98.4 Å². The smallest absolute Gasteiger partial charge is 0.240 e. The zero-order valence-corrected chi connectivity index (χ0v) is 11.4. The van der Waals surface area contributed by atoms with Crippen molar-refractivity contribution in [1.29, 1.82) is 5.26 Å². The third-order valence-electron chi connectivity index (χ3n) is 3.23. The monoisotopic (exact) mass is 276 g/mol. The number of amides is 2. The van der Waals surface area contributed by atoms with Crippen molar-refractivity contribution in [3.63, 3.8) is 0 Å². The van der Waals surface area contributed by atoms with E-state index in [1.807, 2.05) is 6.07 Å². The molecule has 1 aromatic rings. The van der Waals surface area contributed by atoms with Gasteiger partial charge in [-0.1, -0.05) is 0 Å². The van der Waals surface area contributed by atoms with E-state index in [9.17, 15) is 9.59 Å². The van der Waals surface area contributed by atoms with Crippen LogP contribution in [0, 0.1) is 25.2 Å². The molecule has 106 valence electrons. The first-order valence-corrected chi connectivity index (χ1v) is 6.30. The van der Waals surface area contributed by atoms with E-state index in [4.69, 9.17) is 9.68 Å². The number of furan rings is 1. The van der Waals surface area contributed by atoms with Crippen molar-refractivity contribution in [1.82, 2.24) is 10.2 Å². The number of nitrogens with zero attached hydrogens (tertiary/aromatic N) is 2. The molecule has 2 heterocycles. The van der Waals surface area contributed by atoms with Crippen molar-refractivity contribution >= 4 is 17.7 Å². The number of hydrogen-bond acceptors (Lipinski definition) is 5. The predicted molar refractivity (Wildman–Crippen MR) is 71.0 cm³/mol. The highest BCUT2D eigenvalue weighted by molar-refractivity contribution is 5.93. The minimum Gasteiger partial charge on any atom is -0.444 e. The van der Waals surface area contributed by atoms with Gasteiger partial charge in [0.2, 0.25) is 17.7 Å². The molecule has 1 fully saturated rings. The molecule has 0 aliphatic carbocycles. The van der Waals surface area contributed by atoms with Crippen LogP contribution in [0.15, 0.2) is 4.42 Å². The molecule has 2 N–H and O–H groups in total. The summed E-state index contributed by atoms with van der Waals surface area (Å²) in [4.78, 5) is 24.9. The lowest BCUT2D eigenvalue weighted by Gasteiger charge is -2.25. The Morgan fingerprint density at radius 1 is 1.55 bits per heavy atom. The number of piperazine rings is 1. The number of aryl methyl sites for hydroxylation is 1. The molecule has 1 aromatic heterocycles. The molecule has 1 aliphatic rings. The van der Waals surface area contributed by atoms with Crippen molar-refractivity contribution in [2.75, 3.05) is 31.5 Å². The third-order valence-corrected chi connectivity index (χ3v) is 3.23. The van der Waals surface area contributed by atoms with E-state index in [-0.39, 0.29) is 30.8 Å². The average molecular weight is 276 g/mol. The maximum Gasteiger partial charge on any atom is 0.240 e. The number of nitriles is 1. The molecule has 0 unspecified atom stereocenters. The zero-order valence-electron chi connectivity index (χ0n) is 11.4. The maximum atomic E-state index is 11.9. The molecule has 0 saturated carbocycles. The van der Waals surface area contributed by atoms with Gasteiger partial charge in [0, 0.05) is 18.7 Å². The van der Waals surface area contributed by atoms with Gasteiger partial charge in [0.05, 0.1) is 13.1 Å². The van der Waals surface area contributed by atoms with Gasteiger partial charge in [-0.05, 0) is 13.8 Å². The number of carbonyl (C=O) groups excluding carboxylic acids is 2. The molecule has 0 aromatic carbocycles. The number of anilines is 1. The summed E-state index contributed by atoms with van der Waals surface area (Å²) in [7, 11) is 0. The normalized spacial score (nSPS) is 15.6. The second-order valence-corrected chi connectivity index (χ2v) is 4.71. The third kappa shape index (κ3) is 2.97. The summed E-state index contributed by atoms with van der Waals surface area (Å²) in [6, 6.07) is 2.01. The highest BCUT2D eigenvalue weighted by Gasteiger charge is 2.21. The molecule has 20 heavy (non-hydrogen) atoms. The standard InChI is InChI=1S/C13H16N4O3/c1-8-9(2)20-13(10(8)5-14)16-12(19)7-17-4-3-15-11(18)6-17/h3-4,6-7H2,1-2H3,(H,15,18)(H,16,19). The van der Waals surface area contributed by atoms with Crippen LogP contribution in [0.1, 0.15) is 16.9 Å². The molecule has 0 bridgehead atoms. The lowest BCUT2D eigenvalue weighted by atomic mass is 10.2. The van der Waals surface area contributed by atoms with Crippen molar-refractivity contribution in [2.24, 2.45) is 0 Å². The van der Waals surface area contributed by atoms with Crippen LogP contribution in [0.25, 0.3) is 0 Å². The summed E-state index contributed by atoms with van der Waals surface area (Å²) in [5.74, 6) is 0.388. The number of nitrogens with one attached hydrogen (secondary N) is 2. The molecule has 1 aliphatic heterocycles. The SMILES string of the molecule is Cc1oc(NC(=O)CN2CCNC(=O)C2)c(C#N)c1C. The Kier molecular flexibility index (Phi) is 4.05. The summed E-state index contributed by atoms with van der Waals surface area (Å²) in [6.45, 7) is 4.96. The van der Waals surface area contributed by atoms with Gasteiger partial charge in [0.25, 0.3) is 0 Å². The van der Waals surface area contributed by atoms with Crippen molar-refractivity contribution < 1.29 is 14.0 Å². The number of hydrogen-bond donors (Lipinski definition) is 2. The Hall–Kier alpha value is -2.33. The Bertz CT molecular complexity index is 585. The Balaban J connectivity index is 2.00. The first kappa shape index (κ1) is 14.1. The van der Waals surface area contributed by atoms with Crippen molar-refractivity contribution in [3.05, 3.63) is 16.9 Å². The predicted octanol–water partition coefficient (Wildman–Crippen LogP) is 0.138. The van der Waals surface area contributed by atoms with Crippen LogP contribution in [0.4, 0.5) is 5.88 Å². The molecule has 0 spiro atoms. The number of rotatable bonds is 3. The van der Waals surface area contributed by atoms with E-state index < -0.39 is 0 Å². The van der Waals surface area contributed by atoms with Crippen LogP contribution < -0.4 is 10.6 Å². The Labute approximate surface area is 116 Å². The molecular formula is C13H16N4O3. The van der Waals surface area contributed by atoms with Crippen molar-refractivity contribution in [2.45, 2.75) is 13.8 Å². The first-order chi connectivity index (χ1) is 9.51. The Morgan fingerprint density at radius 2 is 2.30 bits per heavy atom. The van der Waals surface area contributed by atoms with E-state index in [0.29, 0.717) is 24.4 Å². The fraction of sp³-hybridized carbons (Fsp3) is 0.462. The van der Waals surface area contributed by atoms with Crippen LogP contribution in [0.2, 0.25) is 0 Å². The summed E-state index contributed by atoms with van der Waals surface area (Å²) >= 11 is 0. The molecule has 0 radical (unpaired) electrons. The average Bonchev–Trinajstić information content (AvgIpc) is 2.64. The summed E-state index contributed by atoms with van der Waals surface area (Å²) in [5.41, 5.74) is 1.06. The maximum absolute atomic E-state index is 11.9. The van der Waals surface area contributed by atoms with Gasteiger partial charge in [-0.3, -0.25) is 19.8 Å². The quantitative estimate of drug-likeness (QED) is 0.818. The van der Waals surface area contributed by atoms with E-state index >= 15 is 0 Å². The highest BCUT2D eigenvalue weighted by atomic mass is 16.4. The van der Waals surface area contributed by atoms with Gasteiger partial charge in [0.1, 0.15) is 17.4 Å². The highest BCUT2D eigenvalue weighted by Crippen LogP contribution is 2.25. The van der Waals surface area contributed by atoms with E-state index in [2.05, 4.69) is 10.6 Å². The fourth-order valence-corrected chi connectivity index (χ4v) is 2.05. The van der Waals surface area contributed by atoms with Gasteiger partial charge in [-0.15, -0.1) is 0 Å². The molecule has 1 saturated heterocycles. The number of carbonyl (C=O) groups is 2. The second kappa shape index (κ2) is 5.75. The lowest BCUT2D eigenvalue weighted by molar-refractivity contribution is -0.125. The summed E-state index contributed by atoms with van der Waals surface area (Å²) < 4.78 is 5.37. The van der Waals surface area contributed by atoms with E-state index in [0.717, 1.165) is 5.56 Å². The van der Waals surface area contributed by atoms with Gasteiger partial charge < -0.3 is 9.73 Å². The van der Waals surface area contributed by atoms with Gasteiger partial charge in [-0.25, -0.2) is 0 Å². The van der Waals surface area contributed by atoms with E-state index in [1.54, 1.807) is 18.7 Å². The van der Waals surface area contributed by atoms with Crippen LogP contribution in [-0.4, -0.2) is 42.9 Å². The van der Waals surface area contributed by atoms with Crippen LogP contribution in [0.3, 0.4) is 0 Å². The fourth-order valence-electron chi connectivity index (χ4n) is 2.05. The largest absolute Gasteiger partial charge is 0.444 e. The van der Waals surface area contributed by atoms with Crippen LogP contribution in [-0.2, 0) is 9.59 Å². The minimum atomic E-state index is -0.301. The van der Waals surface area contributed by atoms with Crippen LogP contribution >= 0.6 is 0 Å². The summed E-state index contributed by atoms with van der Waals surface area (Å²) in [6.07, 6.45) is 0. The second-order valence-electron chi connectivity index (χ2n) is 4.71. The molecule has 0 atom stereocenters.